The SMILES string of the molecule is CB(O)OC(c1ccccc1)n1cc(-c2cnn(C)c2)c2ncc(-c3c(C)noc3C)cc21. The zero-order chi connectivity index (χ0) is 23.1. The molecule has 1 atom stereocenters. The summed E-state index contributed by atoms with van der Waals surface area (Å²) < 4.78 is 15.2. The molecule has 4 aromatic heterocycles. The lowest BCUT2D eigenvalue weighted by Crippen LogP contribution is -2.22. The van der Waals surface area contributed by atoms with Gasteiger partial charge in [-0.1, -0.05) is 35.5 Å². The predicted molar refractivity (Wildman–Crippen MR) is 126 cm³/mol. The van der Waals surface area contributed by atoms with Crippen LogP contribution in [0.15, 0.2) is 65.7 Å². The highest BCUT2D eigenvalue weighted by molar-refractivity contribution is 6.40. The van der Waals surface area contributed by atoms with Gasteiger partial charge < -0.3 is 18.8 Å². The molecule has 5 rings (SSSR count). The minimum absolute atomic E-state index is 0.555. The molecule has 0 bridgehead atoms. The molecule has 0 aliphatic carbocycles. The van der Waals surface area contributed by atoms with Crippen molar-refractivity contribution in [3.63, 3.8) is 0 Å². The Hall–Kier alpha value is -3.69. The van der Waals surface area contributed by atoms with E-state index in [9.17, 15) is 5.02 Å². The number of pyridine rings is 1. The zero-order valence-corrected chi connectivity index (χ0v) is 18.9. The second-order valence-corrected chi connectivity index (χ2v) is 8.14. The lowest BCUT2D eigenvalue weighted by Gasteiger charge is -2.22. The number of aryl methyl sites for hydroxylation is 3. The average molecular weight is 441 g/mol. The lowest BCUT2D eigenvalue weighted by atomic mass is 9.96. The second-order valence-electron chi connectivity index (χ2n) is 8.14. The van der Waals surface area contributed by atoms with E-state index in [0.29, 0.717) is 0 Å². The summed E-state index contributed by atoms with van der Waals surface area (Å²) in [6.07, 6.45) is 7.06. The van der Waals surface area contributed by atoms with Crippen LogP contribution in [0.1, 0.15) is 23.2 Å². The van der Waals surface area contributed by atoms with Gasteiger partial charge in [0.25, 0.3) is 0 Å². The third-order valence-corrected chi connectivity index (χ3v) is 5.67. The smallest absolute Gasteiger partial charge is 0.427 e. The molecule has 1 N–H and O–H groups in total. The van der Waals surface area contributed by atoms with Gasteiger partial charge in [0, 0.05) is 53.5 Å². The van der Waals surface area contributed by atoms with Crippen LogP contribution in [0.2, 0.25) is 6.82 Å². The topological polar surface area (TPSA) is 91.1 Å². The first-order valence-corrected chi connectivity index (χ1v) is 10.7. The van der Waals surface area contributed by atoms with Gasteiger partial charge in [0.15, 0.2) is 0 Å². The third-order valence-electron chi connectivity index (χ3n) is 5.67. The maximum atomic E-state index is 10.1. The van der Waals surface area contributed by atoms with Crippen molar-refractivity contribution in [1.29, 1.82) is 0 Å². The molecular weight excluding hydrogens is 417 g/mol. The van der Waals surface area contributed by atoms with E-state index < -0.39 is 13.3 Å². The van der Waals surface area contributed by atoms with Crippen LogP contribution >= 0.6 is 0 Å². The van der Waals surface area contributed by atoms with Gasteiger partial charge in [-0.25, -0.2) is 0 Å². The van der Waals surface area contributed by atoms with E-state index in [-0.39, 0.29) is 0 Å². The first-order chi connectivity index (χ1) is 15.9. The van der Waals surface area contributed by atoms with Crippen molar-refractivity contribution in [2.24, 2.45) is 7.05 Å². The molecule has 1 unspecified atom stereocenters. The van der Waals surface area contributed by atoms with Crippen LogP contribution in [0.3, 0.4) is 0 Å². The molecule has 0 radical (unpaired) electrons. The van der Waals surface area contributed by atoms with Crippen molar-refractivity contribution >= 4 is 18.2 Å². The van der Waals surface area contributed by atoms with Crippen LogP contribution in [0.25, 0.3) is 33.3 Å². The fourth-order valence-electron chi connectivity index (χ4n) is 4.23. The van der Waals surface area contributed by atoms with E-state index in [1.165, 1.54) is 0 Å². The fourth-order valence-corrected chi connectivity index (χ4v) is 4.23. The minimum atomic E-state index is -0.965. The van der Waals surface area contributed by atoms with E-state index in [1.54, 1.807) is 11.5 Å². The lowest BCUT2D eigenvalue weighted by molar-refractivity contribution is 0.148. The highest BCUT2D eigenvalue weighted by Gasteiger charge is 2.24. The molecule has 0 aliphatic rings. The molecule has 0 spiro atoms. The summed E-state index contributed by atoms with van der Waals surface area (Å²) in [4.78, 5) is 4.84. The minimum Gasteiger partial charge on any atom is -0.427 e. The molecule has 33 heavy (non-hydrogen) atoms. The van der Waals surface area contributed by atoms with Crippen LogP contribution in [0, 0.1) is 13.8 Å². The summed E-state index contributed by atoms with van der Waals surface area (Å²) in [7, 11) is 0.919. The monoisotopic (exact) mass is 441 g/mol. The third kappa shape index (κ3) is 3.86. The van der Waals surface area contributed by atoms with E-state index in [4.69, 9.17) is 14.2 Å². The molecule has 0 aliphatic heterocycles. The Kier molecular flexibility index (Phi) is 5.35. The molecule has 0 fully saturated rings. The molecule has 0 amide bonds. The maximum absolute atomic E-state index is 10.1. The van der Waals surface area contributed by atoms with E-state index in [2.05, 4.69) is 16.3 Å². The Morgan fingerprint density at radius 3 is 2.52 bits per heavy atom. The maximum Gasteiger partial charge on any atom is 0.452 e. The number of hydrogen-bond acceptors (Lipinski definition) is 6. The van der Waals surface area contributed by atoms with Crippen molar-refractivity contribution in [3.05, 3.63) is 78.2 Å². The largest absolute Gasteiger partial charge is 0.452 e. The Balaban J connectivity index is 1.77. The van der Waals surface area contributed by atoms with Gasteiger partial charge in [0.1, 0.15) is 12.0 Å². The average Bonchev–Trinajstić information content (AvgIpc) is 3.49. The van der Waals surface area contributed by atoms with E-state index >= 15 is 0 Å². The van der Waals surface area contributed by atoms with Crippen molar-refractivity contribution in [2.75, 3.05) is 0 Å². The van der Waals surface area contributed by atoms with Crippen molar-refractivity contribution in [3.8, 4) is 22.3 Å². The van der Waals surface area contributed by atoms with Crippen LogP contribution in [-0.2, 0) is 11.7 Å². The fraction of sp³-hybridized carbons (Fsp3) is 0.208. The molecule has 8 nitrogen and oxygen atoms in total. The quantitative estimate of drug-likeness (QED) is 0.393. The summed E-state index contributed by atoms with van der Waals surface area (Å²) in [5.41, 5.74) is 7.10. The second kappa shape index (κ2) is 8.34. The van der Waals surface area contributed by atoms with Gasteiger partial charge in [0.05, 0.1) is 22.9 Å². The number of benzene rings is 1. The highest BCUT2D eigenvalue weighted by Crippen LogP contribution is 2.36. The van der Waals surface area contributed by atoms with Crippen LogP contribution in [-0.4, -0.2) is 36.6 Å². The van der Waals surface area contributed by atoms with E-state index in [0.717, 1.165) is 50.3 Å². The number of hydrogen-bond donors (Lipinski definition) is 1. The molecule has 0 saturated heterocycles. The molecule has 5 aromatic rings. The number of nitrogens with zero attached hydrogens (tertiary/aromatic N) is 5. The van der Waals surface area contributed by atoms with Crippen LogP contribution < -0.4 is 0 Å². The molecule has 0 saturated carbocycles. The number of rotatable bonds is 6. The molecular formula is C24H24BN5O3. The first kappa shape index (κ1) is 21.2. The van der Waals surface area contributed by atoms with E-state index in [1.807, 2.05) is 80.6 Å². The molecule has 1 aromatic carbocycles. The standard InChI is InChI=1S/C24H24BN5O3/c1-15-22(16(2)33-28-15)18-10-21-23(26-11-18)20(19-12-27-29(4)13-19)14-30(21)24(32-25(3)31)17-8-6-5-7-9-17/h5-14,24,31H,1-4H3. The van der Waals surface area contributed by atoms with Crippen LogP contribution in [0.5, 0.6) is 0 Å². The van der Waals surface area contributed by atoms with Crippen molar-refractivity contribution in [2.45, 2.75) is 26.9 Å². The van der Waals surface area contributed by atoms with Crippen LogP contribution in [0.4, 0.5) is 0 Å². The van der Waals surface area contributed by atoms with Gasteiger partial charge in [-0.2, -0.15) is 5.10 Å². The molecule has 166 valence electrons. The van der Waals surface area contributed by atoms with Gasteiger partial charge >= 0.3 is 7.12 Å². The van der Waals surface area contributed by atoms with Gasteiger partial charge in [-0.15, -0.1) is 0 Å². The summed E-state index contributed by atoms with van der Waals surface area (Å²) in [6.45, 7) is 5.42. The van der Waals surface area contributed by atoms with Gasteiger partial charge in [-0.05, 0) is 26.7 Å². The van der Waals surface area contributed by atoms with Crippen molar-refractivity contribution < 1.29 is 14.2 Å². The summed E-state index contributed by atoms with van der Waals surface area (Å²) in [5, 5.41) is 18.6. The number of aromatic nitrogens is 5. The Morgan fingerprint density at radius 1 is 1.09 bits per heavy atom. The number of fused-ring (bicyclic) bond motifs is 1. The summed E-state index contributed by atoms with van der Waals surface area (Å²) >= 11 is 0. The molecule has 4 heterocycles. The highest BCUT2D eigenvalue weighted by atomic mass is 16.5. The normalized spacial score (nSPS) is 12.4. The Morgan fingerprint density at radius 2 is 1.88 bits per heavy atom. The Labute approximate surface area is 191 Å². The zero-order valence-electron chi connectivity index (χ0n) is 18.9. The Bertz CT molecular complexity index is 1400. The predicted octanol–water partition coefficient (Wildman–Crippen LogP) is 4.38. The van der Waals surface area contributed by atoms with Gasteiger partial charge in [0.2, 0.25) is 0 Å². The molecule has 9 heteroatoms. The van der Waals surface area contributed by atoms with Gasteiger partial charge in [-0.3, -0.25) is 9.67 Å². The summed E-state index contributed by atoms with van der Waals surface area (Å²) in [6, 6.07) is 11.9. The van der Waals surface area contributed by atoms with Crippen molar-refractivity contribution in [1.82, 2.24) is 24.5 Å². The summed E-state index contributed by atoms with van der Waals surface area (Å²) in [5.74, 6) is 0.735. The first-order valence-electron chi connectivity index (χ1n) is 10.7.